The van der Waals surface area contributed by atoms with Gasteiger partial charge in [0, 0.05) is 32.1 Å². The van der Waals surface area contributed by atoms with E-state index in [1.807, 2.05) is 18.2 Å². The van der Waals surface area contributed by atoms with Gasteiger partial charge in [0.15, 0.2) is 0 Å². The number of benzene rings is 2. The highest BCUT2D eigenvalue weighted by Gasteiger charge is 2.10. The molecule has 0 heterocycles. The minimum absolute atomic E-state index is 0.0248. The molecule has 0 radical (unpaired) electrons. The fraction of sp³-hybridized carbons (Fsp3) is 0.333. The average molecular weight is 354 g/mol. The Kier molecular flexibility index (Phi) is 7.68. The lowest BCUT2D eigenvalue weighted by molar-refractivity contribution is -0.128. The van der Waals surface area contributed by atoms with Crippen molar-refractivity contribution in [2.24, 2.45) is 0 Å². The summed E-state index contributed by atoms with van der Waals surface area (Å²) in [6.45, 7) is 3.18. The first-order valence-corrected chi connectivity index (χ1v) is 8.82. The molecule has 2 aromatic rings. The minimum Gasteiger partial charge on any atom is -0.497 e. The standard InChI is InChI=1S/C21H26N2O3/c1-17(24)23(15-6-9-18-7-4-3-5-8-18)16-14-22-21(25)19-10-12-20(26-2)13-11-19/h3-5,7-8,10-13H,6,9,14-16H2,1-2H3,(H,22,25). The maximum absolute atomic E-state index is 12.1. The van der Waals surface area contributed by atoms with Crippen LogP contribution in [0.15, 0.2) is 54.6 Å². The molecule has 2 aromatic carbocycles. The van der Waals surface area contributed by atoms with E-state index < -0.39 is 0 Å². The lowest BCUT2D eigenvalue weighted by Gasteiger charge is -2.21. The van der Waals surface area contributed by atoms with Crippen molar-refractivity contribution < 1.29 is 14.3 Å². The van der Waals surface area contributed by atoms with Crippen molar-refractivity contribution in [1.29, 1.82) is 0 Å². The molecule has 0 atom stereocenters. The van der Waals surface area contributed by atoms with Gasteiger partial charge in [-0.3, -0.25) is 9.59 Å². The van der Waals surface area contributed by atoms with Gasteiger partial charge in [0.05, 0.1) is 7.11 Å². The largest absolute Gasteiger partial charge is 0.497 e. The molecular formula is C21H26N2O3. The van der Waals surface area contributed by atoms with E-state index in [4.69, 9.17) is 4.74 Å². The number of carbonyl (C=O) groups is 2. The van der Waals surface area contributed by atoms with E-state index >= 15 is 0 Å². The Hall–Kier alpha value is -2.82. The second kappa shape index (κ2) is 10.2. The van der Waals surface area contributed by atoms with Crippen LogP contribution in [0, 0.1) is 0 Å². The van der Waals surface area contributed by atoms with Gasteiger partial charge < -0.3 is 15.0 Å². The molecule has 0 saturated carbocycles. The van der Waals surface area contributed by atoms with Gasteiger partial charge in [0.25, 0.3) is 5.91 Å². The van der Waals surface area contributed by atoms with Crippen LogP contribution in [0.3, 0.4) is 0 Å². The summed E-state index contributed by atoms with van der Waals surface area (Å²) in [6, 6.07) is 17.2. The Labute approximate surface area is 155 Å². The summed E-state index contributed by atoms with van der Waals surface area (Å²) in [7, 11) is 1.59. The molecule has 0 unspecified atom stereocenters. The van der Waals surface area contributed by atoms with Gasteiger partial charge in [0.2, 0.25) is 5.91 Å². The van der Waals surface area contributed by atoms with Crippen LogP contribution in [0.25, 0.3) is 0 Å². The van der Waals surface area contributed by atoms with Crippen LogP contribution >= 0.6 is 0 Å². The van der Waals surface area contributed by atoms with Gasteiger partial charge in [0.1, 0.15) is 5.75 Å². The van der Waals surface area contributed by atoms with Gasteiger partial charge in [-0.1, -0.05) is 30.3 Å². The van der Waals surface area contributed by atoms with Crippen molar-refractivity contribution in [3.63, 3.8) is 0 Å². The Morgan fingerprint density at radius 1 is 1.00 bits per heavy atom. The molecule has 0 bridgehead atoms. The lowest BCUT2D eigenvalue weighted by Crippen LogP contribution is -2.38. The van der Waals surface area contributed by atoms with E-state index in [2.05, 4.69) is 17.4 Å². The van der Waals surface area contributed by atoms with Gasteiger partial charge >= 0.3 is 0 Å². The molecule has 5 nitrogen and oxygen atoms in total. The van der Waals surface area contributed by atoms with Crippen LogP contribution in [-0.2, 0) is 11.2 Å². The summed E-state index contributed by atoms with van der Waals surface area (Å²) < 4.78 is 5.08. The molecule has 0 fully saturated rings. The maximum Gasteiger partial charge on any atom is 0.251 e. The first-order chi connectivity index (χ1) is 12.6. The molecule has 0 aliphatic heterocycles. The van der Waals surface area contributed by atoms with E-state index in [-0.39, 0.29) is 11.8 Å². The third kappa shape index (κ3) is 6.24. The Morgan fingerprint density at radius 3 is 2.31 bits per heavy atom. The maximum atomic E-state index is 12.1. The number of methoxy groups -OCH3 is 1. The molecule has 0 aromatic heterocycles. The predicted octanol–water partition coefficient (Wildman–Crippen LogP) is 2.91. The first-order valence-electron chi connectivity index (χ1n) is 8.82. The van der Waals surface area contributed by atoms with Gasteiger partial charge in [-0.2, -0.15) is 0 Å². The van der Waals surface area contributed by atoms with E-state index in [0.717, 1.165) is 12.8 Å². The van der Waals surface area contributed by atoms with Crippen molar-refractivity contribution in [1.82, 2.24) is 10.2 Å². The SMILES string of the molecule is COc1ccc(C(=O)NCCN(CCCc2ccccc2)C(C)=O)cc1. The predicted molar refractivity (Wildman–Crippen MR) is 102 cm³/mol. The topological polar surface area (TPSA) is 58.6 Å². The highest BCUT2D eigenvalue weighted by molar-refractivity contribution is 5.94. The van der Waals surface area contributed by atoms with Crippen molar-refractivity contribution >= 4 is 11.8 Å². The molecule has 1 N–H and O–H groups in total. The van der Waals surface area contributed by atoms with Crippen molar-refractivity contribution in [2.45, 2.75) is 19.8 Å². The summed E-state index contributed by atoms with van der Waals surface area (Å²) in [4.78, 5) is 25.7. The number of aryl methyl sites for hydroxylation is 1. The van der Waals surface area contributed by atoms with Crippen molar-refractivity contribution in [2.75, 3.05) is 26.7 Å². The van der Waals surface area contributed by atoms with Crippen molar-refractivity contribution in [3.8, 4) is 5.75 Å². The molecule has 5 heteroatoms. The fourth-order valence-corrected chi connectivity index (χ4v) is 2.69. The number of rotatable bonds is 9. The summed E-state index contributed by atoms with van der Waals surface area (Å²) in [6.07, 6.45) is 1.83. The zero-order chi connectivity index (χ0) is 18.8. The van der Waals surface area contributed by atoms with Gasteiger partial charge in [-0.15, -0.1) is 0 Å². The van der Waals surface area contributed by atoms with Crippen LogP contribution in [0.1, 0.15) is 29.3 Å². The number of ether oxygens (including phenoxy) is 1. The quantitative estimate of drug-likeness (QED) is 0.753. The molecule has 0 aliphatic rings. The van der Waals surface area contributed by atoms with E-state index in [1.165, 1.54) is 5.56 Å². The average Bonchev–Trinajstić information content (AvgIpc) is 2.67. The zero-order valence-electron chi connectivity index (χ0n) is 15.4. The molecule has 138 valence electrons. The number of nitrogens with one attached hydrogen (secondary N) is 1. The number of amides is 2. The second-order valence-corrected chi connectivity index (χ2v) is 6.08. The minimum atomic E-state index is -0.152. The number of nitrogens with zero attached hydrogens (tertiary/aromatic N) is 1. The molecule has 2 amide bonds. The second-order valence-electron chi connectivity index (χ2n) is 6.08. The third-order valence-electron chi connectivity index (χ3n) is 4.20. The molecule has 0 spiro atoms. The Bertz CT molecular complexity index is 699. The van der Waals surface area contributed by atoms with E-state index in [9.17, 15) is 9.59 Å². The van der Waals surface area contributed by atoms with E-state index in [0.29, 0.717) is 30.9 Å². The molecular weight excluding hydrogens is 328 g/mol. The van der Waals surface area contributed by atoms with Crippen LogP contribution in [-0.4, -0.2) is 43.5 Å². The summed E-state index contributed by atoms with van der Waals surface area (Å²) in [5.74, 6) is 0.583. The van der Waals surface area contributed by atoms with Crippen LogP contribution in [0.2, 0.25) is 0 Å². The summed E-state index contributed by atoms with van der Waals surface area (Å²) >= 11 is 0. The smallest absolute Gasteiger partial charge is 0.251 e. The number of hydrogen-bond donors (Lipinski definition) is 1. The zero-order valence-corrected chi connectivity index (χ0v) is 15.4. The van der Waals surface area contributed by atoms with Crippen LogP contribution < -0.4 is 10.1 Å². The Balaban J connectivity index is 1.75. The molecule has 0 saturated heterocycles. The van der Waals surface area contributed by atoms with E-state index in [1.54, 1.807) is 43.2 Å². The first kappa shape index (κ1) is 19.5. The normalized spacial score (nSPS) is 10.2. The molecule has 2 rings (SSSR count). The molecule has 26 heavy (non-hydrogen) atoms. The van der Waals surface area contributed by atoms with Crippen LogP contribution in [0.4, 0.5) is 0 Å². The van der Waals surface area contributed by atoms with Crippen LogP contribution in [0.5, 0.6) is 5.75 Å². The number of carbonyl (C=O) groups excluding carboxylic acids is 2. The highest BCUT2D eigenvalue weighted by atomic mass is 16.5. The Morgan fingerprint density at radius 2 is 1.69 bits per heavy atom. The molecule has 0 aliphatic carbocycles. The van der Waals surface area contributed by atoms with Gasteiger partial charge in [-0.05, 0) is 42.7 Å². The summed E-state index contributed by atoms with van der Waals surface area (Å²) in [5, 5.41) is 2.86. The third-order valence-corrected chi connectivity index (χ3v) is 4.20. The monoisotopic (exact) mass is 354 g/mol. The highest BCUT2D eigenvalue weighted by Crippen LogP contribution is 2.11. The number of hydrogen-bond acceptors (Lipinski definition) is 3. The summed E-state index contributed by atoms with van der Waals surface area (Å²) in [5.41, 5.74) is 1.84. The van der Waals surface area contributed by atoms with Gasteiger partial charge in [-0.25, -0.2) is 0 Å². The van der Waals surface area contributed by atoms with Crippen molar-refractivity contribution in [3.05, 3.63) is 65.7 Å². The fourth-order valence-electron chi connectivity index (χ4n) is 2.69. The lowest BCUT2D eigenvalue weighted by atomic mass is 10.1.